The van der Waals surface area contributed by atoms with E-state index in [1.54, 1.807) is 0 Å². The van der Waals surface area contributed by atoms with Crippen molar-refractivity contribution in [2.75, 3.05) is 0 Å². The molecule has 0 saturated heterocycles. The van der Waals surface area contributed by atoms with E-state index in [1.165, 1.54) is 0 Å². The summed E-state index contributed by atoms with van der Waals surface area (Å²) in [4.78, 5) is 11.4. The molecule has 0 aromatic rings. The van der Waals surface area contributed by atoms with Gasteiger partial charge in [-0.1, -0.05) is 13.8 Å². The summed E-state index contributed by atoms with van der Waals surface area (Å²) in [6.45, 7) is 10.1. The molecule has 0 bridgehead atoms. The van der Waals surface area contributed by atoms with Crippen molar-refractivity contribution in [1.29, 1.82) is 0 Å². The highest BCUT2D eigenvalue weighted by atomic mass is 16.6. The highest BCUT2D eigenvalue weighted by molar-refractivity contribution is 5.68. The van der Waals surface area contributed by atoms with Crippen LogP contribution in [-0.4, -0.2) is 17.7 Å². The monoisotopic (exact) mass is 213 g/mol. The fourth-order valence-electron chi connectivity index (χ4n) is 1.80. The van der Waals surface area contributed by atoms with Crippen molar-refractivity contribution < 1.29 is 9.53 Å². The number of carbonyl (C=O) groups excluding carboxylic acids is 1. The Morgan fingerprint density at radius 3 is 2.27 bits per heavy atom. The minimum Gasteiger partial charge on any atom is -0.444 e. The van der Waals surface area contributed by atoms with Gasteiger partial charge in [0.05, 0.1) is 0 Å². The molecule has 3 nitrogen and oxygen atoms in total. The van der Waals surface area contributed by atoms with Crippen LogP contribution in [0.25, 0.3) is 0 Å². The SMILES string of the molecule is CC(C)[C@H]1C[C@@H](NC(=O)OC(C)(C)C)C1. The van der Waals surface area contributed by atoms with E-state index in [2.05, 4.69) is 19.2 Å². The number of hydrogen-bond acceptors (Lipinski definition) is 2. The molecule has 0 heterocycles. The first-order valence-corrected chi connectivity index (χ1v) is 5.77. The summed E-state index contributed by atoms with van der Waals surface area (Å²) < 4.78 is 5.19. The molecule has 1 amide bonds. The smallest absolute Gasteiger partial charge is 0.407 e. The van der Waals surface area contributed by atoms with Crippen LogP contribution < -0.4 is 5.32 Å². The van der Waals surface area contributed by atoms with Gasteiger partial charge in [0.1, 0.15) is 5.60 Å². The average molecular weight is 213 g/mol. The lowest BCUT2D eigenvalue weighted by atomic mass is 9.74. The van der Waals surface area contributed by atoms with Crippen LogP contribution >= 0.6 is 0 Å². The number of alkyl carbamates (subject to hydrolysis) is 1. The van der Waals surface area contributed by atoms with Crippen LogP contribution in [0.5, 0.6) is 0 Å². The second-order valence-corrected chi connectivity index (χ2v) is 5.82. The summed E-state index contributed by atoms with van der Waals surface area (Å²) in [5.74, 6) is 1.49. The molecule has 0 unspecified atom stereocenters. The minimum atomic E-state index is -0.398. The Kier molecular flexibility index (Phi) is 3.63. The van der Waals surface area contributed by atoms with Gasteiger partial charge in [0.2, 0.25) is 0 Å². The van der Waals surface area contributed by atoms with Crippen molar-refractivity contribution >= 4 is 6.09 Å². The normalized spacial score (nSPS) is 26.0. The molecule has 0 radical (unpaired) electrons. The van der Waals surface area contributed by atoms with Gasteiger partial charge in [-0.05, 0) is 45.4 Å². The van der Waals surface area contributed by atoms with Gasteiger partial charge in [0, 0.05) is 6.04 Å². The van der Waals surface area contributed by atoms with Crippen molar-refractivity contribution in [2.45, 2.75) is 59.1 Å². The van der Waals surface area contributed by atoms with Gasteiger partial charge in [0.15, 0.2) is 0 Å². The maximum absolute atomic E-state index is 11.4. The van der Waals surface area contributed by atoms with Crippen LogP contribution in [-0.2, 0) is 4.74 Å². The summed E-state index contributed by atoms with van der Waals surface area (Å²) in [6.07, 6.45) is 1.91. The Hall–Kier alpha value is -0.730. The molecular formula is C12H23NO2. The molecule has 1 N–H and O–H groups in total. The van der Waals surface area contributed by atoms with Gasteiger partial charge in [-0.2, -0.15) is 0 Å². The van der Waals surface area contributed by atoms with E-state index in [4.69, 9.17) is 4.74 Å². The number of ether oxygens (including phenoxy) is 1. The lowest BCUT2D eigenvalue weighted by Gasteiger charge is -2.38. The first-order chi connectivity index (χ1) is 6.78. The third-order valence-electron chi connectivity index (χ3n) is 2.84. The molecule has 3 heteroatoms. The number of carbonyl (C=O) groups is 1. The zero-order valence-electron chi connectivity index (χ0n) is 10.5. The van der Waals surface area contributed by atoms with Crippen LogP contribution in [0.1, 0.15) is 47.5 Å². The molecule has 1 saturated carbocycles. The predicted molar refractivity (Wildman–Crippen MR) is 60.7 cm³/mol. The topological polar surface area (TPSA) is 38.3 Å². The predicted octanol–water partition coefficient (Wildman–Crippen LogP) is 2.95. The molecule has 0 atom stereocenters. The van der Waals surface area contributed by atoms with Crippen LogP contribution in [0.4, 0.5) is 4.79 Å². The maximum atomic E-state index is 11.4. The molecule has 1 fully saturated rings. The minimum absolute atomic E-state index is 0.283. The summed E-state index contributed by atoms with van der Waals surface area (Å²) in [5.41, 5.74) is -0.398. The molecule has 88 valence electrons. The van der Waals surface area contributed by atoms with Crippen molar-refractivity contribution in [2.24, 2.45) is 11.8 Å². The number of amides is 1. The molecular weight excluding hydrogens is 190 g/mol. The van der Waals surface area contributed by atoms with E-state index in [9.17, 15) is 4.79 Å². The lowest BCUT2D eigenvalue weighted by molar-refractivity contribution is 0.0432. The van der Waals surface area contributed by atoms with Gasteiger partial charge in [-0.3, -0.25) is 0 Å². The second kappa shape index (κ2) is 4.42. The zero-order chi connectivity index (χ0) is 11.6. The lowest BCUT2D eigenvalue weighted by Crippen LogP contribution is -2.47. The third kappa shape index (κ3) is 4.10. The van der Waals surface area contributed by atoms with Gasteiger partial charge < -0.3 is 10.1 Å². The van der Waals surface area contributed by atoms with E-state index in [1.807, 2.05) is 20.8 Å². The molecule has 0 aromatic heterocycles. The first-order valence-electron chi connectivity index (χ1n) is 5.77. The van der Waals surface area contributed by atoms with Gasteiger partial charge in [-0.25, -0.2) is 4.79 Å². The molecule has 1 aliphatic rings. The Bertz CT molecular complexity index is 224. The summed E-state index contributed by atoms with van der Waals surface area (Å²) in [6, 6.07) is 0.326. The first kappa shape index (κ1) is 12.3. The van der Waals surface area contributed by atoms with Crippen LogP contribution in [0, 0.1) is 11.8 Å². The molecule has 0 spiro atoms. The highest BCUT2D eigenvalue weighted by Crippen LogP contribution is 2.33. The molecule has 1 rings (SSSR count). The molecule has 15 heavy (non-hydrogen) atoms. The fraction of sp³-hybridized carbons (Fsp3) is 0.917. The Morgan fingerprint density at radius 1 is 1.33 bits per heavy atom. The summed E-state index contributed by atoms with van der Waals surface area (Å²) in [5, 5.41) is 2.90. The van der Waals surface area contributed by atoms with Crippen molar-refractivity contribution in [1.82, 2.24) is 5.32 Å². The zero-order valence-corrected chi connectivity index (χ0v) is 10.5. The maximum Gasteiger partial charge on any atom is 0.407 e. The van der Waals surface area contributed by atoms with E-state index in [-0.39, 0.29) is 6.09 Å². The van der Waals surface area contributed by atoms with Crippen molar-refractivity contribution in [3.63, 3.8) is 0 Å². The molecule has 0 aliphatic heterocycles. The van der Waals surface area contributed by atoms with Gasteiger partial charge >= 0.3 is 6.09 Å². The van der Waals surface area contributed by atoms with Crippen LogP contribution in [0.15, 0.2) is 0 Å². The molecule has 1 aliphatic carbocycles. The number of hydrogen-bond donors (Lipinski definition) is 1. The second-order valence-electron chi connectivity index (χ2n) is 5.82. The quantitative estimate of drug-likeness (QED) is 0.766. The van der Waals surface area contributed by atoms with E-state index in [0.29, 0.717) is 6.04 Å². The largest absolute Gasteiger partial charge is 0.444 e. The summed E-state index contributed by atoms with van der Waals surface area (Å²) >= 11 is 0. The van der Waals surface area contributed by atoms with Crippen LogP contribution in [0.3, 0.4) is 0 Å². The number of nitrogens with one attached hydrogen (secondary N) is 1. The Balaban J connectivity index is 2.19. The fourth-order valence-corrected chi connectivity index (χ4v) is 1.80. The average Bonchev–Trinajstić information content (AvgIpc) is 1.91. The third-order valence-corrected chi connectivity index (χ3v) is 2.84. The van der Waals surface area contributed by atoms with E-state index < -0.39 is 5.60 Å². The summed E-state index contributed by atoms with van der Waals surface area (Å²) in [7, 11) is 0. The number of rotatable bonds is 2. The Labute approximate surface area is 92.6 Å². The Morgan fingerprint density at radius 2 is 1.87 bits per heavy atom. The van der Waals surface area contributed by atoms with Gasteiger partial charge in [0.25, 0.3) is 0 Å². The van der Waals surface area contributed by atoms with Crippen molar-refractivity contribution in [3.05, 3.63) is 0 Å². The van der Waals surface area contributed by atoms with Crippen molar-refractivity contribution in [3.8, 4) is 0 Å². The standard InChI is InChI=1S/C12H23NO2/c1-8(2)9-6-10(7-9)13-11(14)15-12(3,4)5/h8-10H,6-7H2,1-5H3,(H,13,14)/t9-,10+. The molecule has 0 aromatic carbocycles. The van der Waals surface area contributed by atoms with E-state index in [0.717, 1.165) is 24.7 Å². The van der Waals surface area contributed by atoms with E-state index >= 15 is 0 Å². The van der Waals surface area contributed by atoms with Gasteiger partial charge in [-0.15, -0.1) is 0 Å². The highest BCUT2D eigenvalue weighted by Gasteiger charge is 2.33. The van der Waals surface area contributed by atoms with Crippen LogP contribution in [0.2, 0.25) is 0 Å².